The summed E-state index contributed by atoms with van der Waals surface area (Å²) in [7, 11) is 1.34. The molecular formula is C15H12FNO2. The van der Waals surface area contributed by atoms with Crippen molar-refractivity contribution < 1.29 is 13.9 Å². The summed E-state index contributed by atoms with van der Waals surface area (Å²) in [5, 5.41) is 0. The van der Waals surface area contributed by atoms with Crippen LogP contribution in [0.5, 0.6) is 0 Å². The van der Waals surface area contributed by atoms with Crippen LogP contribution in [0.3, 0.4) is 0 Å². The third-order valence-corrected chi connectivity index (χ3v) is 2.52. The Morgan fingerprint density at radius 1 is 1.11 bits per heavy atom. The van der Waals surface area contributed by atoms with Gasteiger partial charge in [-0.25, -0.2) is 9.18 Å². The van der Waals surface area contributed by atoms with E-state index in [4.69, 9.17) is 0 Å². The molecule has 0 aliphatic heterocycles. The van der Waals surface area contributed by atoms with E-state index in [-0.39, 0.29) is 11.8 Å². The number of carbonyl (C=O) groups is 1. The van der Waals surface area contributed by atoms with Crippen LogP contribution in [0.15, 0.2) is 53.5 Å². The maximum absolute atomic E-state index is 12.7. The van der Waals surface area contributed by atoms with E-state index >= 15 is 0 Å². The van der Waals surface area contributed by atoms with Crippen molar-refractivity contribution in [2.24, 2.45) is 4.99 Å². The Hall–Kier alpha value is -2.49. The summed E-state index contributed by atoms with van der Waals surface area (Å²) in [4.78, 5) is 15.5. The number of esters is 1. The molecule has 0 fully saturated rings. The van der Waals surface area contributed by atoms with Gasteiger partial charge in [0.05, 0.1) is 18.4 Å². The van der Waals surface area contributed by atoms with Crippen LogP contribution in [0, 0.1) is 5.82 Å². The molecule has 3 nitrogen and oxygen atoms in total. The second-order valence-corrected chi connectivity index (χ2v) is 3.85. The fraction of sp³-hybridized carbons (Fsp3) is 0.0667. The fourth-order valence-electron chi connectivity index (χ4n) is 1.50. The van der Waals surface area contributed by atoms with E-state index < -0.39 is 0 Å². The van der Waals surface area contributed by atoms with Crippen molar-refractivity contribution in [3.63, 3.8) is 0 Å². The van der Waals surface area contributed by atoms with E-state index in [2.05, 4.69) is 9.73 Å². The average Bonchev–Trinajstić information content (AvgIpc) is 2.46. The minimum absolute atomic E-state index is 0.278. The minimum Gasteiger partial charge on any atom is -0.465 e. The highest BCUT2D eigenvalue weighted by atomic mass is 19.1. The molecule has 0 spiro atoms. The predicted molar refractivity (Wildman–Crippen MR) is 71.4 cm³/mol. The molecule has 0 radical (unpaired) electrons. The van der Waals surface area contributed by atoms with Crippen LogP contribution in [0.2, 0.25) is 0 Å². The second-order valence-electron chi connectivity index (χ2n) is 3.85. The molecule has 0 unspecified atom stereocenters. The first kappa shape index (κ1) is 13.0. The number of methoxy groups -OCH3 is 1. The fourth-order valence-corrected chi connectivity index (χ4v) is 1.50. The van der Waals surface area contributed by atoms with Crippen molar-refractivity contribution in [1.29, 1.82) is 0 Å². The van der Waals surface area contributed by atoms with Gasteiger partial charge >= 0.3 is 5.97 Å². The van der Waals surface area contributed by atoms with Crippen LogP contribution in [0.1, 0.15) is 15.9 Å². The topological polar surface area (TPSA) is 38.7 Å². The number of hydrogen-bond donors (Lipinski definition) is 0. The van der Waals surface area contributed by atoms with Gasteiger partial charge in [0.25, 0.3) is 0 Å². The van der Waals surface area contributed by atoms with Gasteiger partial charge in [-0.1, -0.05) is 12.1 Å². The second kappa shape index (κ2) is 5.91. The first-order valence-corrected chi connectivity index (χ1v) is 5.67. The first-order valence-electron chi connectivity index (χ1n) is 5.67. The lowest BCUT2D eigenvalue weighted by atomic mass is 10.2. The summed E-state index contributed by atoms with van der Waals surface area (Å²) >= 11 is 0. The third kappa shape index (κ3) is 3.48. The molecule has 96 valence electrons. The van der Waals surface area contributed by atoms with Gasteiger partial charge in [0.1, 0.15) is 5.82 Å². The summed E-state index contributed by atoms with van der Waals surface area (Å²) in [6, 6.07) is 12.7. The van der Waals surface area contributed by atoms with Crippen molar-refractivity contribution in [3.8, 4) is 0 Å². The summed E-state index contributed by atoms with van der Waals surface area (Å²) in [5.41, 5.74) is 1.98. The number of benzene rings is 2. The van der Waals surface area contributed by atoms with E-state index in [0.29, 0.717) is 11.3 Å². The molecule has 4 heteroatoms. The monoisotopic (exact) mass is 257 g/mol. The Morgan fingerprint density at radius 2 is 1.74 bits per heavy atom. The molecule has 0 aromatic heterocycles. The highest BCUT2D eigenvalue weighted by molar-refractivity contribution is 5.90. The highest BCUT2D eigenvalue weighted by Gasteiger charge is 2.03. The largest absolute Gasteiger partial charge is 0.465 e. The first-order chi connectivity index (χ1) is 9.19. The predicted octanol–water partition coefficient (Wildman–Crippen LogP) is 3.36. The molecule has 0 aliphatic carbocycles. The van der Waals surface area contributed by atoms with E-state index in [9.17, 15) is 9.18 Å². The number of nitrogens with zero attached hydrogens (tertiary/aromatic N) is 1. The van der Waals surface area contributed by atoms with Crippen LogP contribution in [0.25, 0.3) is 0 Å². The number of carbonyl (C=O) groups excluding carboxylic acids is 1. The Balaban J connectivity index is 2.11. The van der Waals surface area contributed by atoms with Crippen molar-refractivity contribution in [1.82, 2.24) is 0 Å². The van der Waals surface area contributed by atoms with Gasteiger partial charge in [0.15, 0.2) is 0 Å². The van der Waals surface area contributed by atoms with Gasteiger partial charge in [-0.2, -0.15) is 0 Å². The third-order valence-electron chi connectivity index (χ3n) is 2.52. The quantitative estimate of drug-likeness (QED) is 0.624. The van der Waals surface area contributed by atoms with Crippen LogP contribution >= 0.6 is 0 Å². The lowest BCUT2D eigenvalue weighted by molar-refractivity contribution is 0.0601. The molecule has 0 saturated heterocycles. The van der Waals surface area contributed by atoms with Crippen LogP contribution in [-0.4, -0.2) is 19.3 Å². The lowest BCUT2D eigenvalue weighted by Crippen LogP contribution is -1.99. The van der Waals surface area contributed by atoms with Crippen LogP contribution < -0.4 is 0 Å². The molecule has 0 heterocycles. The normalized spacial score (nSPS) is 10.6. The Kier molecular flexibility index (Phi) is 4.03. The van der Waals surface area contributed by atoms with Gasteiger partial charge in [0, 0.05) is 6.21 Å². The number of aliphatic imine (C=N–C) groups is 1. The zero-order valence-corrected chi connectivity index (χ0v) is 10.3. The van der Waals surface area contributed by atoms with Gasteiger partial charge < -0.3 is 4.74 Å². The molecule has 0 atom stereocenters. The van der Waals surface area contributed by atoms with E-state index in [1.165, 1.54) is 19.2 Å². The summed E-state index contributed by atoms with van der Waals surface area (Å²) in [6.45, 7) is 0. The maximum atomic E-state index is 12.7. The number of ether oxygens (including phenoxy) is 1. The van der Waals surface area contributed by atoms with Crippen molar-refractivity contribution in [3.05, 3.63) is 65.5 Å². The van der Waals surface area contributed by atoms with Crippen LogP contribution in [-0.2, 0) is 4.74 Å². The van der Waals surface area contributed by atoms with Crippen molar-refractivity contribution in [2.45, 2.75) is 0 Å². The standard InChI is InChI=1S/C15H12FNO2/c1-19-15(18)12-4-8-14(9-5-12)17-10-11-2-6-13(16)7-3-11/h2-10H,1H3. The molecule has 0 aliphatic rings. The molecule has 2 aromatic rings. The number of halogens is 1. The molecule has 0 amide bonds. The van der Waals surface area contributed by atoms with Gasteiger partial charge in [-0.3, -0.25) is 4.99 Å². The van der Waals surface area contributed by atoms with E-state index in [1.807, 2.05) is 0 Å². The molecule has 2 rings (SSSR count). The molecule has 0 bridgehead atoms. The minimum atomic E-state index is -0.380. The molecule has 0 N–H and O–H groups in total. The zero-order valence-electron chi connectivity index (χ0n) is 10.3. The average molecular weight is 257 g/mol. The molecule has 0 saturated carbocycles. The van der Waals surface area contributed by atoms with Gasteiger partial charge in [-0.05, 0) is 42.0 Å². The number of hydrogen-bond acceptors (Lipinski definition) is 3. The zero-order chi connectivity index (χ0) is 13.7. The summed E-state index contributed by atoms with van der Waals surface area (Å²) in [6.07, 6.45) is 1.63. The van der Waals surface area contributed by atoms with E-state index in [0.717, 1.165) is 5.56 Å². The molecule has 19 heavy (non-hydrogen) atoms. The SMILES string of the molecule is COC(=O)c1ccc(N=Cc2ccc(F)cc2)cc1. The maximum Gasteiger partial charge on any atom is 0.337 e. The van der Waals surface area contributed by atoms with Crippen molar-refractivity contribution in [2.75, 3.05) is 7.11 Å². The smallest absolute Gasteiger partial charge is 0.337 e. The summed E-state index contributed by atoms with van der Waals surface area (Å²) < 4.78 is 17.3. The highest BCUT2D eigenvalue weighted by Crippen LogP contribution is 2.13. The Bertz CT molecular complexity index is 589. The van der Waals surface area contributed by atoms with Crippen LogP contribution in [0.4, 0.5) is 10.1 Å². The molecule has 2 aromatic carbocycles. The number of rotatable bonds is 3. The molecular weight excluding hydrogens is 245 g/mol. The Labute approximate surface area is 110 Å². The lowest BCUT2D eigenvalue weighted by Gasteiger charge is -1.99. The summed E-state index contributed by atoms with van der Waals surface area (Å²) in [5.74, 6) is -0.659. The van der Waals surface area contributed by atoms with E-state index in [1.54, 1.807) is 42.6 Å². The van der Waals surface area contributed by atoms with Crippen molar-refractivity contribution >= 4 is 17.9 Å². The van der Waals surface area contributed by atoms with Gasteiger partial charge in [-0.15, -0.1) is 0 Å². The van der Waals surface area contributed by atoms with Gasteiger partial charge in [0.2, 0.25) is 0 Å². The Morgan fingerprint density at radius 3 is 2.32 bits per heavy atom.